The largest absolute Gasteiger partial charge is 0.508 e. The van der Waals surface area contributed by atoms with Crippen LogP contribution < -0.4 is 10.4 Å². The molecule has 29 heavy (non-hydrogen) atoms. The third kappa shape index (κ3) is 3.87. The summed E-state index contributed by atoms with van der Waals surface area (Å²) in [6.07, 6.45) is 3.00. The first-order chi connectivity index (χ1) is 13.8. The Morgan fingerprint density at radius 1 is 1.14 bits per heavy atom. The van der Waals surface area contributed by atoms with Crippen molar-refractivity contribution in [2.75, 3.05) is 0 Å². The topological polar surface area (TPSA) is 86.0 Å². The molecule has 0 amide bonds. The molecule has 1 atom stereocenters. The number of aromatic hydroxyl groups is 1. The number of phenols is 1. The summed E-state index contributed by atoms with van der Waals surface area (Å²) in [4.78, 5) is 23.9. The molecule has 4 rings (SSSR count). The second kappa shape index (κ2) is 7.13. The number of carbonyl (C=O) groups excluding carboxylic acids is 1. The number of hydrogen-bond donors (Lipinski definition) is 1. The molecule has 2 heterocycles. The average Bonchev–Trinajstić information content (AvgIpc) is 3.13. The Hall–Kier alpha value is -3.54. The van der Waals surface area contributed by atoms with Gasteiger partial charge in [0.2, 0.25) is 0 Å². The standard InChI is InChI=1S/C23H20O6/c1-23(2,29-21(26)11-5-14-3-8-16(24)9-4-14)19-13-17-18(27-19)10-6-15-7-12-20(25)28-22(15)17/h3-12,19,24H,13H2,1-2H3/b11-5+. The number of fused-ring (bicyclic) bond motifs is 3. The van der Waals surface area contributed by atoms with Gasteiger partial charge in [-0.1, -0.05) is 12.1 Å². The van der Waals surface area contributed by atoms with Crippen LogP contribution >= 0.6 is 0 Å². The van der Waals surface area contributed by atoms with E-state index in [4.69, 9.17) is 13.9 Å². The van der Waals surface area contributed by atoms with E-state index in [9.17, 15) is 14.7 Å². The van der Waals surface area contributed by atoms with Gasteiger partial charge in [0.15, 0.2) is 0 Å². The highest BCUT2D eigenvalue weighted by Crippen LogP contribution is 2.38. The monoisotopic (exact) mass is 392 g/mol. The minimum absolute atomic E-state index is 0.159. The molecule has 0 fully saturated rings. The van der Waals surface area contributed by atoms with Crippen molar-refractivity contribution in [2.45, 2.75) is 32.0 Å². The van der Waals surface area contributed by atoms with Gasteiger partial charge in [-0.2, -0.15) is 0 Å². The van der Waals surface area contributed by atoms with Crippen LogP contribution in [-0.4, -0.2) is 22.8 Å². The summed E-state index contributed by atoms with van der Waals surface area (Å²) >= 11 is 0. The van der Waals surface area contributed by atoms with Crippen molar-refractivity contribution in [3.05, 3.63) is 76.2 Å². The molecular formula is C23H20O6. The van der Waals surface area contributed by atoms with E-state index in [0.29, 0.717) is 17.8 Å². The number of hydrogen-bond acceptors (Lipinski definition) is 6. The van der Waals surface area contributed by atoms with Crippen LogP contribution in [0.1, 0.15) is 25.0 Å². The van der Waals surface area contributed by atoms with Crippen molar-refractivity contribution in [2.24, 2.45) is 0 Å². The summed E-state index contributed by atoms with van der Waals surface area (Å²) in [5.74, 6) is 0.284. The molecule has 1 aliphatic heterocycles. The SMILES string of the molecule is CC(C)(OC(=O)/C=C/c1ccc(O)cc1)C1Cc2c(ccc3ccc(=O)oc23)O1. The lowest BCUT2D eigenvalue weighted by Crippen LogP contribution is -2.43. The van der Waals surface area contributed by atoms with Crippen LogP contribution in [0.5, 0.6) is 11.5 Å². The summed E-state index contributed by atoms with van der Waals surface area (Å²) in [6, 6.07) is 13.2. The van der Waals surface area contributed by atoms with Gasteiger partial charge >= 0.3 is 11.6 Å². The molecule has 1 unspecified atom stereocenters. The van der Waals surface area contributed by atoms with E-state index in [0.717, 1.165) is 16.5 Å². The minimum Gasteiger partial charge on any atom is -0.508 e. The van der Waals surface area contributed by atoms with Crippen LogP contribution in [0.3, 0.4) is 0 Å². The molecule has 0 bridgehead atoms. The number of esters is 1. The maximum absolute atomic E-state index is 12.3. The first kappa shape index (κ1) is 18.8. The first-order valence-electron chi connectivity index (χ1n) is 9.24. The average molecular weight is 392 g/mol. The third-order valence-corrected chi connectivity index (χ3v) is 4.95. The van der Waals surface area contributed by atoms with Crippen LogP contribution in [-0.2, 0) is 16.0 Å². The maximum Gasteiger partial charge on any atom is 0.336 e. The van der Waals surface area contributed by atoms with E-state index in [1.54, 1.807) is 50.3 Å². The smallest absolute Gasteiger partial charge is 0.336 e. The second-order valence-electron chi connectivity index (χ2n) is 7.48. The number of phenolic OH excluding ortho intramolecular Hbond substituents is 1. The molecule has 0 saturated heterocycles. The van der Waals surface area contributed by atoms with Gasteiger partial charge in [-0.25, -0.2) is 9.59 Å². The number of benzene rings is 2. The summed E-state index contributed by atoms with van der Waals surface area (Å²) < 4.78 is 17.0. The zero-order chi connectivity index (χ0) is 20.6. The molecule has 1 N–H and O–H groups in total. The van der Waals surface area contributed by atoms with Gasteiger partial charge in [-0.15, -0.1) is 0 Å². The van der Waals surface area contributed by atoms with Gasteiger partial charge in [-0.05, 0) is 55.8 Å². The number of rotatable bonds is 4. The van der Waals surface area contributed by atoms with Gasteiger partial charge in [0.25, 0.3) is 0 Å². The number of ether oxygens (including phenoxy) is 2. The van der Waals surface area contributed by atoms with Gasteiger partial charge in [0, 0.05) is 29.5 Å². The Kier molecular flexibility index (Phi) is 4.62. The molecule has 0 spiro atoms. The van der Waals surface area contributed by atoms with Crippen molar-refractivity contribution in [1.29, 1.82) is 0 Å². The van der Waals surface area contributed by atoms with Crippen molar-refractivity contribution in [3.63, 3.8) is 0 Å². The zero-order valence-electron chi connectivity index (χ0n) is 16.0. The minimum atomic E-state index is -0.906. The van der Waals surface area contributed by atoms with Crippen LogP contribution in [0.15, 0.2) is 63.8 Å². The van der Waals surface area contributed by atoms with Gasteiger partial charge < -0.3 is 19.0 Å². The molecule has 1 aromatic heterocycles. The van der Waals surface area contributed by atoms with Crippen LogP contribution in [0.2, 0.25) is 0 Å². The van der Waals surface area contributed by atoms with Gasteiger partial charge in [-0.3, -0.25) is 0 Å². The summed E-state index contributed by atoms with van der Waals surface area (Å²) in [5, 5.41) is 10.1. The molecule has 6 heteroatoms. The van der Waals surface area contributed by atoms with Crippen LogP contribution in [0, 0.1) is 0 Å². The van der Waals surface area contributed by atoms with Crippen molar-refractivity contribution >= 4 is 23.0 Å². The Morgan fingerprint density at radius 3 is 2.62 bits per heavy atom. The molecule has 148 valence electrons. The predicted octanol–water partition coefficient (Wildman–Crippen LogP) is 3.84. The zero-order valence-corrected chi connectivity index (χ0v) is 16.0. The van der Waals surface area contributed by atoms with E-state index >= 15 is 0 Å². The molecule has 6 nitrogen and oxygen atoms in total. The Labute approximate surface area is 167 Å². The third-order valence-electron chi connectivity index (χ3n) is 4.95. The van der Waals surface area contributed by atoms with Crippen molar-refractivity contribution in [1.82, 2.24) is 0 Å². The Morgan fingerprint density at radius 2 is 1.86 bits per heavy atom. The van der Waals surface area contributed by atoms with Gasteiger partial charge in [0.1, 0.15) is 28.8 Å². The van der Waals surface area contributed by atoms with Crippen molar-refractivity contribution < 1.29 is 23.8 Å². The quantitative estimate of drug-likeness (QED) is 0.412. The fourth-order valence-corrected chi connectivity index (χ4v) is 3.35. The second-order valence-corrected chi connectivity index (χ2v) is 7.48. The number of carbonyl (C=O) groups is 1. The molecule has 1 aliphatic rings. The highest BCUT2D eigenvalue weighted by atomic mass is 16.6. The van der Waals surface area contributed by atoms with Gasteiger partial charge in [0.05, 0.1) is 0 Å². The van der Waals surface area contributed by atoms with Crippen LogP contribution in [0.4, 0.5) is 0 Å². The first-order valence-corrected chi connectivity index (χ1v) is 9.24. The molecule has 0 aliphatic carbocycles. The lowest BCUT2D eigenvalue weighted by atomic mass is 9.96. The molecule has 3 aromatic rings. The lowest BCUT2D eigenvalue weighted by molar-refractivity contribution is -0.158. The molecule has 0 saturated carbocycles. The summed E-state index contributed by atoms with van der Waals surface area (Å²) in [7, 11) is 0. The highest BCUT2D eigenvalue weighted by molar-refractivity contribution is 5.87. The lowest BCUT2D eigenvalue weighted by Gasteiger charge is -2.30. The molecule has 0 radical (unpaired) electrons. The van der Waals surface area contributed by atoms with E-state index < -0.39 is 23.3 Å². The predicted molar refractivity (Wildman–Crippen MR) is 108 cm³/mol. The normalized spacial score (nSPS) is 16.0. The van der Waals surface area contributed by atoms with E-state index in [2.05, 4.69) is 0 Å². The molecule has 2 aromatic carbocycles. The fraction of sp³-hybridized carbons (Fsp3) is 0.217. The van der Waals surface area contributed by atoms with Crippen molar-refractivity contribution in [3.8, 4) is 11.5 Å². The fourth-order valence-electron chi connectivity index (χ4n) is 3.35. The Balaban J connectivity index is 1.49. The maximum atomic E-state index is 12.3. The Bertz CT molecular complexity index is 1150. The van der Waals surface area contributed by atoms with E-state index in [1.165, 1.54) is 12.1 Å². The highest BCUT2D eigenvalue weighted by Gasteiger charge is 2.40. The van der Waals surface area contributed by atoms with E-state index in [1.807, 2.05) is 12.1 Å². The summed E-state index contributed by atoms with van der Waals surface area (Å²) in [5.41, 5.74) is 0.750. The van der Waals surface area contributed by atoms with E-state index in [-0.39, 0.29) is 5.75 Å². The molecular weight excluding hydrogens is 372 g/mol. The summed E-state index contributed by atoms with van der Waals surface area (Å²) in [6.45, 7) is 3.57. The van der Waals surface area contributed by atoms with Crippen LogP contribution in [0.25, 0.3) is 17.0 Å².